The smallest absolute Gasteiger partial charge is 0.410 e. The van der Waals surface area contributed by atoms with Crippen LogP contribution >= 0.6 is 0 Å². The number of piperazine rings is 1. The largest absolute Gasteiger partial charge is 0.444 e. The van der Waals surface area contributed by atoms with E-state index in [0.717, 1.165) is 17.9 Å². The van der Waals surface area contributed by atoms with Crippen LogP contribution in [0, 0.1) is 0 Å². The molecule has 0 saturated carbocycles. The van der Waals surface area contributed by atoms with Gasteiger partial charge in [-0.2, -0.15) is 0 Å². The molecule has 0 aliphatic carbocycles. The summed E-state index contributed by atoms with van der Waals surface area (Å²) >= 11 is 0. The van der Waals surface area contributed by atoms with Gasteiger partial charge < -0.3 is 25.0 Å². The molecule has 128 valence electrons. The lowest BCUT2D eigenvalue weighted by Gasteiger charge is -2.42. The van der Waals surface area contributed by atoms with E-state index in [9.17, 15) is 4.79 Å². The van der Waals surface area contributed by atoms with E-state index in [1.54, 1.807) is 12.0 Å². The second-order valence-corrected chi connectivity index (χ2v) is 6.82. The Morgan fingerprint density at radius 3 is 2.48 bits per heavy atom. The van der Waals surface area contributed by atoms with Gasteiger partial charge in [0, 0.05) is 38.1 Å². The number of nitrogen functional groups attached to an aromatic ring is 1. The Morgan fingerprint density at radius 2 is 1.91 bits per heavy atom. The van der Waals surface area contributed by atoms with Gasteiger partial charge in [-0.1, -0.05) is 0 Å². The normalized spacial score (nSPS) is 18.9. The van der Waals surface area contributed by atoms with Gasteiger partial charge >= 0.3 is 6.09 Å². The highest BCUT2D eigenvalue weighted by Crippen LogP contribution is 2.23. The Kier molecular flexibility index (Phi) is 5.36. The van der Waals surface area contributed by atoms with Gasteiger partial charge in [-0.3, -0.25) is 0 Å². The Bertz CT molecular complexity index is 525. The van der Waals surface area contributed by atoms with Gasteiger partial charge in [0.05, 0.1) is 12.6 Å². The van der Waals surface area contributed by atoms with Crippen LogP contribution in [0.3, 0.4) is 0 Å². The Hall–Kier alpha value is -1.95. The zero-order valence-electron chi connectivity index (χ0n) is 14.4. The fourth-order valence-corrected chi connectivity index (χ4v) is 2.69. The Morgan fingerprint density at radius 1 is 1.26 bits per heavy atom. The number of amides is 1. The number of anilines is 2. The third kappa shape index (κ3) is 4.76. The predicted molar refractivity (Wildman–Crippen MR) is 91.7 cm³/mol. The van der Waals surface area contributed by atoms with Crippen LogP contribution in [0.25, 0.3) is 0 Å². The molecule has 1 atom stereocenters. The average molecular weight is 321 g/mol. The van der Waals surface area contributed by atoms with Crippen molar-refractivity contribution in [3.63, 3.8) is 0 Å². The quantitative estimate of drug-likeness (QED) is 0.866. The summed E-state index contributed by atoms with van der Waals surface area (Å²) in [5, 5.41) is 0. The summed E-state index contributed by atoms with van der Waals surface area (Å²) in [7, 11) is 1.67. The average Bonchev–Trinajstić information content (AvgIpc) is 2.47. The van der Waals surface area contributed by atoms with Crippen molar-refractivity contribution < 1.29 is 14.3 Å². The SMILES string of the molecule is COC[C@@H]1CN(C(=O)OC(C)(C)C)CCN1c1ccc(N)cc1. The van der Waals surface area contributed by atoms with Crippen LogP contribution in [-0.2, 0) is 9.47 Å². The summed E-state index contributed by atoms with van der Waals surface area (Å²) in [5.74, 6) is 0. The van der Waals surface area contributed by atoms with Gasteiger partial charge in [0.25, 0.3) is 0 Å². The van der Waals surface area contributed by atoms with Crippen molar-refractivity contribution in [2.75, 3.05) is 44.0 Å². The molecule has 6 nitrogen and oxygen atoms in total. The molecule has 1 heterocycles. The summed E-state index contributed by atoms with van der Waals surface area (Å²) in [5.41, 5.74) is 7.10. The molecule has 23 heavy (non-hydrogen) atoms. The van der Waals surface area contributed by atoms with Crippen LogP contribution < -0.4 is 10.6 Å². The van der Waals surface area contributed by atoms with Crippen molar-refractivity contribution in [1.82, 2.24) is 4.90 Å². The number of rotatable bonds is 3. The fraction of sp³-hybridized carbons (Fsp3) is 0.588. The second kappa shape index (κ2) is 7.08. The van der Waals surface area contributed by atoms with Crippen LogP contribution in [0.4, 0.5) is 16.2 Å². The minimum atomic E-state index is -0.484. The van der Waals surface area contributed by atoms with E-state index in [4.69, 9.17) is 15.2 Å². The molecule has 2 N–H and O–H groups in total. The zero-order valence-corrected chi connectivity index (χ0v) is 14.4. The first-order valence-electron chi connectivity index (χ1n) is 7.89. The number of ether oxygens (including phenoxy) is 2. The number of nitrogens with zero attached hydrogens (tertiary/aromatic N) is 2. The number of carbonyl (C=O) groups is 1. The van der Waals surface area contributed by atoms with Crippen LogP contribution in [0.5, 0.6) is 0 Å². The molecule has 1 aromatic carbocycles. The first kappa shape index (κ1) is 17.4. The molecular weight excluding hydrogens is 294 g/mol. The molecule has 1 amide bonds. The maximum absolute atomic E-state index is 12.3. The van der Waals surface area contributed by atoms with E-state index in [-0.39, 0.29) is 12.1 Å². The summed E-state index contributed by atoms with van der Waals surface area (Å²) in [6, 6.07) is 7.87. The van der Waals surface area contributed by atoms with E-state index in [0.29, 0.717) is 19.7 Å². The van der Waals surface area contributed by atoms with E-state index < -0.39 is 5.60 Å². The van der Waals surface area contributed by atoms with Crippen molar-refractivity contribution >= 4 is 17.5 Å². The van der Waals surface area contributed by atoms with Gasteiger partial charge in [0.15, 0.2) is 0 Å². The van der Waals surface area contributed by atoms with Crippen LogP contribution in [-0.4, -0.2) is 56.0 Å². The first-order chi connectivity index (χ1) is 10.8. The van der Waals surface area contributed by atoms with Crippen molar-refractivity contribution in [1.29, 1.82) is 0 Å². The first-order valence-corrected chi connectivity index (χ1v) is 7.89. The van der Waals surface area contributed by atoms with E-state index in [1.165, 1.54) is 0 Å². The van der Waals surface area contributed by atoms with Crippen molar-refractivity contribution in [3.05, 3.63) is 24.3 Å². The highest BCUT2D eigenvalue weighted by molar-refractivity contribution is 5.69. The van der Waals surface area contributed by atoms with E-state index >= 15 is 0 Å². The molecule has 6 heteroatoms. The zero-order chi connectivity index (χ0) is 17.0. The van der Waals surface area contributed by atoms with Gasteiger partial charge in [-0.25, -0.2) is 4.79 Å². The predicted octanol–water partition coefficient (Wildman–Crippen LogP) is 2.34. The monoisotopic (exact) mass is 321 g/mol. The van der Waals surface area contributed by atoms with Gasteiger partial charge in [0.1, 0.15) is 5.60 Å². The van der Waals surface area contributed by atoms with E-state index in [2.05, 4.69) is 4.90 Å². The molecule has 1 aliphatic heterocycles. The highest BCUT2D eigenvalue weighted by Gasteiger charge is 2.32. The summed E-state index contributed by atoms with van der Waals surface area (Å²) < 4.78 is 10.8. The molecule has 0 bridgehead atoms. The number of carbonyl (C=O) groups excluding carboxylic acids is 1. The minimum Gasteiger partial charge on any atom is -0.444 e. The third-order valence-corrected chi connectivity index (χ3v) is 3.72. The third-order valence-electron chi connectivity index (χ3n) is 3.72. The number of hydrogen-bond donors (Lipinski definition) is 1. The molecular formula is C17H27N3O3. The lowest BCUT2D eigenvalue weighted by molar-refractivity contribution is 0.0186. The number of methoxy groups -OCH3 is 1. The number of benzene rings is 1. The fourth-order valence-electron chi connectivity index (χ4n) is 2.69. The molecule has 0 aromatic heterocycles. The minimum absolute atomic E-state index is 0.0879. The highest BCUT2D eigenvalue weighted by atomic mass is 16.6. The molecule has 1 saturated heterocycles. The lowest BCUT2D eigenvalue weighted by atomic mass is 10.1. The molecule has 2 rings (SSSR count). The van der Waals surface area contributed by atoms with Crippen LogP contribution in [0.15, 0.2) is 24.3 Å². The molecule has 1 aromatic rings. The maximum Gasteiger partial charge on any atom is 0.410 e. The molecule has 1 fully saturated rings. The molecule has 0 unspecified atom stereocenters. The summed E-state index contributed by atoms with van der Waals surface area (Å²) in [6.07, 6.45) is -0.268. The summed E-state index contributed by atoms with van der Waals surface area (Å²) in [6.45, 7) is 8.11. The van der Waals surface area contributed by atoms with E-state index in [1.807, 2.05) is 45.0 Å². The van der Waals surface area contributed by atoms with Crippen molar-refractivity contribution in [2.45, 2.75) is 32.4 Å². The lowest BCUT2D eigenvalue weighted by Crippen LogP contribution is -2.57. The Labute approximate surface area is 138 Å². The topological polar surface area (TPSA) is 68.0 Å². The number of nitrogens with two attached hydrogens (primary N) is 1. The second-order valence-electron chi connectivity index (χ2n) is 6.82. The van der Waals surface area contributed by atoms with Gasteiger partial charge in [0.2, 0.25) is 0 Å². The Balaban J connectivity index is 2.08. The standard InChI is InChI=1S/C17H27N3O3/c1-17(2,3)23-16(21)19-9-10-20(15(11-19)12-22-4)14-7-5-13(18)6-8-14/h5-8,15H,9-12,18H2,1-4H3/t15-/m0/s1. The van der Waals surface area contributed by atoms with Gasteiger partial charge in [-0.15, -0.1) is 0 Å². The van der Waals surface area contributed by atoms with Crippen molar-refractivity contribution in [3.8, 4) is 0 Å². The number of hydrogen-bond acceptors (Lipinski definition) is 5. The summed E-state index contributed by atoms with van der Waals surface area (Å²) in [4.78, 5) is 16.3. The molecule has 1 aliphatic rings. The van der Waals surface area contributed by atoms with Crippen molar-refractivity contribution in [2.24, 2.45) is 0 Å². The maximum atomic E-state index is 12.3. The van der Waals surface area contributed by atoms with Crippen LogP contribution in [0.2, 0.25) is 0 Å². The van der Waals surface area contributed by atoms with Gasteiger partial charge in [-0.05, 0) is 45.0 Å². The van der Waals surface area contributed by atoms with Crippen LogP contribution in [0.1, 0.15) is 20.8 Å². The molecule has 0 radical (unpaired) electrons. The molecule has 0 spiro atoms.